The minimum atomic E-state index is 0. The maximum absolute atomic E-state index is 5.63. The maximum Gasteiger partial charge on any atom is 0.0122 e. The molecule has 0 aliphatic rings. The van der Waals surface area contributed by atoms with Gasteiger partial charge in [-0.2, -0.15) is 0 Å². The van der Waals surface area contributed by atoms with E-state index in [0.29, 0.717) is 0 Å². The van der Waals surface area contributed by atoms with Crippen molar-refractivity contribution in [3.05, 3.63) is 47.7 Å². The van der Waals surface area contributed by atoms with Crippen LogP contribution in [0.3, 0.4) is 0 Å². The predicted molar refractivity (Wildman–Crippen MR) is 59.3 cm³/mol. The summed E-state index contributed by atoms with van der Waals surface area (Å²) in [7, 11) is 0. The molecule has 0 aliphatic carbocycles. The summed E-state index contributed by atoms with van der Waals surface area (Å²) in [5.74, 6) is 0. The van der Waals surface area contributed by atoms with Gasteiger partial charge in [0.25, 0.3) is 0 Å². The van der Waals surface area contributed by atoms with E-state index in [2.05, 4.69) is 13.2 Å². The van der Waals surface area contributed by atoms with Crippen molar-refractivity contribution in [3.63, 3.8) is 0 Å². The van der Waals surface area contributed by atoms with Crippen LogP contribution in [-0.2, 0) is 0 Å². The van der Waals surface area contributed by atoms with E-state index in [-0.39, 0.29) is 5.48 Å². The molecular weight excluding hydrogens is 162 g/mol. The molecule has 0 aliphatic heterocycles. The van der Waals surface area contributed by atoms with Crippen LogP contribution in [0.1, 0.15) is 20.8 Å². The summed E-state index contributed by atoms with van der Waals surface area (Å²) in [5.41, 5.74) is 9.57. The zero-order valence-electron chi connectivity index (χ0n) is 8.65. The molecule has 0 saturated carbocycles. The van der Waals surface area contributed by atoms with Crippen LogP contribution in [0.5, 0.6) is 0 Å². The quantitative estimate of drug-likeness (QED) is 0.666. The van der Waals surface area contributed by atoms with Crippen molar-refractivity contribution >= 4 is 0 Å². The van der Waals surface area contributed by atoms with Gasteiger partial charge in [0.15, 0.2) is 0 Å². The van der Waals surface area contributed by atoms with Gasteiger partial charge < -0.3 is 11.2 Å². The van der Waals surface area contributed by atoms with Crippen molar-refractivity contribution in [1.29, 1.82) is 0 Å². The molecular formula is C11H19NO. The lowest BCUT2D eigenvalue weighted by atomic mass is 10.1. The Kier molecular flexibility index (Phi) is 6.86. The van der Waals surface area contributed by atoms with E-state index in [1.165, 1.54) is 0 Å². The van der Waals surface area contributed by atoms with Crippen LogP contribution in [0.4, 0.5) is 0 Å². The third-order valence-corrected chi connectivity index (χ3v) is 1.72. The Bertz CT molecular complexity index is 255. The van der Waals surface area contributed by atoms with E-state index < -0.39 is 0 Å². The van der Waals surface area contributed by atoms with Crippen LogP contribution < -0.4 is 5.73 Å². The van der Waals surface area contributed by atoms with Crippen molar-refractivity contribution in [1.82, 2.24) is 0 Å². The van der Waals surface area contributed by atoms with E-state index in [1.54, 1.807) is 6.08 Å². The molecule has 0 saturated heterocycles. The average molecular weight is 181 g/mol. The Labute approximate surface area is 80.5 Å². The molecule has 13 heavy (non-hydrogen) atoms. The molecule has 0 atom stereocenters. The summed E-state index contributed by atoms with van der Waals surface area (Å²) >= 11 is 0. The maximum atomic E-state index is 5.63. The van der Waals surface area contributed by atoms with E-state index in [0.717, 1.165) is 22.4 Å². The molecule has 0 aromatic carbocycles. The highest BCUT2D eigenvalue weighted by Crippen LogP contribution is 2.11. The first kappa shape index (κ1) is 14.3. The van der Waals surface area contributed by atoms with Gasteiger partial charge in [-0.15, -0.1) is 0 Å². The topological polar surface area (TPSA) is 57.5 Å². The molecule has 4 N–H and O–H groups in total. The zero-order chi connectivity index (χ0) is 9.72. The van der Waals surface area contributed by atoms with Crippen molar-refractivity contribution in [3.8, 4) is 0 Å². The standard InChI is InChI=1S/C11H17N.H2O/c1-6-11(10(5)12)7-9(4)8(2)3;/h6-7H,1-2,12H2,3-5H3;1H2/b9-7-,11-10-;. The van der Waals surface area contributed by atoms with Crippen molar-refractivity contribution in [2.75, 3.05) is 0 Å². The normalized spacial score (nSPS) is 12.7. The third kappa shape index (κ3) is 5.04. The van der Waals surface area contributed by atoms with Crippen LogP contribution in [0, 0.1) is 0 Å². The fraction of sp³-hybridized carbons (Fsp3) is 0.273. The van der Waals surface area contributed by atoms with Crippen molar-refractivity contribution < 1.29 is 5.48 Å². The summed E-state index contributed by atoms with van der Waals surface area (Å²) in [6.07, 6.45) is 3.74. The number of allylic oxidation sites excluding steroid dienone is 6. The first-order chi connectivity index (χ1) is 5.49. The number of hydrogen-bond acceptors (Lipinski definition) is 1. The second-order valence-corrected chi connectivity index (χ2v) is 2.95. The van der Waals surface area contributed by atoms with Gasteiger partial charge >= 0.3 is 0 Å². The lowest BCUT2D eigenvalue weighted by Crippen LogP contribution is -1.95. The van der Waals surface area contributed by atoms with Gasteiger partial charge in [-0.05, 0) is 31.9 Å². The van der Waals surface area contributed by atoms with Gasteiger partial charge in [0.1, 0.15) is 0 Å². The Morgan fingerprint density at radius 1 is 1.23 bits per heavy atom. The summed E-state index contributed by atoms with van der Waals surface area (Å²) < 4.78 is 0. The van der Waals surface area contributed by atoms with E-state index in [9.17, 15) is 0 Å². The summed E-state index contributed by atoms with van der Waals surface area (Å²) in [6.45, 7) is 13.4. The summed E-state index contributed by atoms with van der Waals surface area (Å²) in [5, 5.41) is 0. The summed E-state index contributed by atoms with van der Waals surface area (Å²) in [6, 6.07) is 0. The molecule has 0 bridgehead atoms. The van der Waals surface area contributed by atoms with Gasteiger partial charge in [0.2, 0.25) is 0 Å². The Morgan fingerprint density at radius 2 is 1.69 bits per heavy atom. The molecule has 0 radical (unpaired) electrons. The molecule has 74 valence electrons. The minimum Gasteiger partial charge on any atom is -0.412 e. The minimum absolute atomic E-state index is 0. The van der Waals surface area contributed by atoms with Gasteiger partial charge in [-0.25, -0.2) is 0 Å². The van der Waals surface area contributed by atoms with E-state index in [1.807, 2.05) is 26.8 Å². The molecule has 0 rings (SSSR count). The Balaban J connectivity index is 0. The molecule has 0 amide bonds. The first-order valence-electron chi connectivity index (χ1n) is 3.92. The highest BCUT2D eigenvalue weighted by molar-refractivity contribution is 5.39. The fourth-order valence-corrected chi connectivity index (χ4v) is 0.690. The van der Waals surface area contributed by atoms with Crippen molar-refractivity contribution in [2.24, 2.45) is 5.73 Å². The highest BCUT2D eigenvalue weighted by atomic mass is 16.0. The van der Waals surface area contributed by atoms with E-state index in [4.69, 9.17) is 5.73 Å². The molecule has 2 nitrogen and oxygen atoms in total. The first-order valence-corrected chi connectivity index (χ1v) is 3.92. The molecule has 0 aromatic rings. The van der Waals surface area contributed by atoms with Crippen molar-refractivity contribution in [2.45, 2.75) is 20.8 Å². The van der Waals surface area contributed by atoms with Gasteiger partial charge in [-0.3, -0.25) is 0 Å². The van der Waals surface area contributed by atoms with Crippen LogP contribution in [-0.4, -0.2) is 5.48 Å². The molecule has 2 heteroatoms. The second kappa shape index (κ2) is 6.26. The number of rotatable bonds is 3. The lowest BCUT2D eigenvalue weighted by molar-refractivity contribution is 0.824. The van der Waals surface area contributed by atoms with Crippen LogP contribution >= 0.6 is 0 Å². The predicted octanol–water partition coefficient (Wildman–Crippen LogP) is 2.10. The number of hydrogen-bond donors (Lipinski definition) is 1. The number of nitrogens with two attached hydrogens (primary N) is 1. The van der Waals surface area contributed by atoms with E-state index >= 15 is 0 Å². The fourth-order valence-electron chi connectivity index (χ4n) is 0.690. The molecule has 0 heterocycles. The van der Waals surface area contributed by atoms with Gasteiger partial charge in [-0.1, -0.05) is 30.9 Å². The monoisotopic (exact) mass is 181 g/mol. The lowest BCUT2D eigenvalue weighted by Gasteiger charge is -2.01. The molecule has 0 fully saturated rings. The summed E-state index contributed by atoms with van der Waals surface area (Å²) in [4.78, 5) is 0. The third-order valence-electron chi connectivity index (χ3n) is 1.72. The Morgan fingerprint density at radius 3 is 1.92 bits per heavy atom. The van der Waals surface area contributed by atoms with Gasteiger partial charge in [0.05, 0.1) is 0 Å². The van der Waals surface area contributed by atoms with Crippen LogP contribution in [0.15, 0.2) is 47.7 Å². The largest absolute Gasteiger partial charge is 0.412 e. The smallest absolute Gasteiger partial charge is 0.0122 e. The SMILES string of the molecule is C=CC(/C=C(/C)C(=C)C)=C(\C)N.O. The van der Waals surface area contributed by atoms with Crippen LogP contribution in [0.25, 0.3) is 0 Å². The second-order valence-electron chi connectivity index (χ2n) is 2.95. The zero-order valence-corrected chi connectivity index (χ0v) is 8.65. The molecule has 0 spiro atoms. The molecule has 0 aromatic heterocycles. The van der Waals surface area contributed by atoms with Crippen LogP contribution in [0.2, 0.25) is 0 Å². The Hall–Kier alpha value is -1.28. The average Bonchev–Trinajstić information content (AvgIpc) is 1.98. The van der Waals surface area contributed by atoms with Gasteiger partial charge in [0, 0.05) is 5.70 Å². The highest BCUT2D eigenvalue weighted by Gasteiger charge is 1.93. The molecule has 0 unspecified atom stereocenters.